The Kier molecular flexibility index (Phi) is 6.75. The van der Waals surface area contributed by atoms with E-state index >= 15 is 0 Å². The lowest BCUT2D eigenvalue weighted by molar-refractivity contribution is -0.122. The van der Waals surface area contributed by atoms with E-state index in [1.54, 1.807) is 18.2 Å². The van der Waals surface area contributed by atoms with Gasteiger partial charge in [-0.1, -0.05) is 40.5 Å². The van der Waals surface area contributed by atoms with Crippen LogP contribution in [0.15, 0.2) is 52.4 Å². The first-order valence-corrected chi connectivity index (χ1v) is 12.9. The molecule has 1 aliphatic rings. The first-order chi connectivity index (χ1) is 15.3. The van der Waals surface area contributed by atoms with Gasteiger partial charge in [-0.2, -0.15) is 9.30 Å². The molecule has 4 rings (SSSR count). The summed E-state index contributed by atoms with van der Waals surface area (Å²) in [4.78, 5) is 17.9. The van der Waals surface area contributed by atoms with Crippen molar-refractivity contribution < 1.29 is 13.2 Å². The fourth-order valence-electron chi connectivity index (χ4n) is 3.66. The number of nitrogens with zero attached hydrogens (tertiary/aromatic N) is 3. The normalized spacial score (nSPS) is 16.3. The van der Waals surface area contributed by atoms with Crippen molar-refractivity contribution in [1.82, 2.24) is 8.87 Å². The molecule has 1 amide bonds. The third kappa shape index (κ3) is 4.63. The van der Waals surface area contributed by atoms with Crippen LogP contribution < -0.4 is 4.80 Å². The molecule has 0 unspecified atom stereocenters. The lowest BCUT2D eigenvalue weighted by Crippen LogP contribution is -2.40. The molecule has 2 aromatic carbocycles. The van der Waals surface area contributed by atoms with Gasteiger partial charge in [-0.25, -0.2) is 8.42 Å². The Labute approximate surface area is 200 Å². The number of carbonyl (C=O) groups is 1. The molecule has 0 N–H and O–H groups in total. The van der Waals surface area contributed by atoms with Gasteiger partial charge >= 0.3 is 0 Å². The highest BCUT2D eigenvalue weighted by Gasteiger charge is 2.32. The summed E-state index contributed by atoms with van der Waals surface area (Å²) in [5, 5.41) is 1.07. The van der Waals surface area contributed by atoms with Crippen LogP contribution in [0.4, 0.5) is 0 Å². The molecule has 1 aromatic heterocycles. The summed E-state index contributed by atoms with van der Waals surface area (Å²) in [6, 6.07) is 11.5. The van der Waals surface area contributed by atoms with Gasteiger partial charge in [-0.3, -0.25) is 4.79 Å². The molecule has 1 saturated heterocycles. The number of amides is 1. The molecule has 32 heavy (non-hydrogen) atoms. The predicted molar refractivity (Wildman–Crippen MR) is 127 cm³/mol. The molecule has 6 nitrogen and oxygen atoms in total. The van der Waals surface area contributed by atoms with Crippen molar-refractivity contribution in [2.24, 2.45) is 10.9 Å². The molecule has 0 saturated carbocycles. The Balaban J connectivity index is 1.53. The summed E-state index contributed by atoms with van der Waals surface area (Å²) < 4.78 is 29.8. The van der Waals surface area contributed by atoms with E-state index in [1.165, 1.54) is 27.8 Å². The minimum Gasteiger partial charge on any atom is -0.305 e. The number of hydrogen-bond acceptors (Lipinski definition) is 4. The smallest absolute Gasteiger partial charge is 0.251 e. The third-order valence-corrected chi connectivity index (χ3v) is 8.80. The summed E-state index contributed by atoms with van der Waals surface area (Å²) in [5.74, 6) is 1.98. The van der Waals surface area contributed by atoms with Crippen molar-refractivity contribution in [1.29, 1.82) is 0 Å². The van der Waals surface area contributed by atoms with E-state index in [2.05, 4.69) is 10.9 Å². The first-order valence-electron chi connectivity index (χ1n) is 9.86. The second kappa shape index (κ2) is 9.38. The molecule has 0 spiro atoms. The molecule has 2 heterocycles. The second-order valence-corrected chi connectivity index (χ2v) is 11.2. The number of halogens is 2. The molecular formula is C22H19Cl2N3O3S2. The van der Waals surface area contributed by atoms with E-state index in [0.717, 1.165) is 10.2 Å². The molecule has 0 aliphatic carbocycles. The fourth-order valence-corrected chi connectivity index (χ4v) is 6.57. The summed E-state index contributed by atoms with van der Waals surface area (Å²) in [7, 11) is -3.63. The van der Waals surface area contributed by atoms with E-state index in [1.807, 2.05) is 16.7 Å². The lowest BCUT2D eigenvalue weighted by Gasteiger charge is -2.29. The van der Waals surface area contributed by atoms with Crippen LogP contribution in [0.1, 0.15) is 12.8 Å². The number of sulfonamides is 1. The van der Waals surface area contributed by atoms with Gasteiger partial charge in [-0.15, -0.1) is 6.42 Å². The van der Waals surface area contributed by atoms with Gasteiger partial charge in [0, 0.05) is 29.1 Å². The summed E-state index contributed by atoms with van der Waals surface area (Å²) in [6.07, 6.45) is 6.31. The minimum atomic E-state index is -3.63. The van der Waals surface area contributed by atoms with E-state index in [4.69, 9.17) is 29.6 Å². The van der Waals surface area contributed by atoms with Crippen LogP contribution in [0.2, 0.25) is 10.0 Å². The van der Waals surface area contributed by atoms with Gasteiger partial charge in [0.25, 0.3) is 5.91 Å². The number of rotatable bonds is 4. The maximum absolute atomic E-state index is 12.9. The van der Waals surface area contributed by atoms with Crippen LogP contribution in [0.5, 0.6) is 0 Å². The van der Waals surface area contributed by atoms with E-state index in [0.29, 0.717) is 27.7 Å². The fraction of sp³-hybridized carbons (Fsp3) is 0.273. The zero-order valence-electron chi connectivity index (χ0n) is 16.9. The summed E-state index contributed by atoms with van der Waals surface area (Å²) in [5.41, 5.74) is 0.868. The quantitative estimate of drug-likeness (QED) is 0.497. The van der Waals surface area contributed by atoms with Crippen molar-refractivity contribution >= 4 is 60.7 Å². The number of terminal acetylenes is 1. The van der Waals surface area contributed by atoms with Crippen LogP contribution in [0, 0.1) is 18.3 Å². The number of piperidine rings is 1. The van der Waals surface area contributed by atoms with Crippen molar-refractivity contribution in [3.63, 3.8) is 0 Å². The van der Waals surface area contributed by atoms with E-state index in [-0.39, 0.29) is 36.4 Å². The monoisotopic (exact) mass is 507 g/mol. The molecule has 0 bridgehead atoms. The van der Waals surface area contributed by atoms with Crippen LogP contribution in [-0.4, -0.2) is 36.3 Å². The molecular weight excluding hydrogens is 489 g/mol. The van der Waals surface area contributed by atoms with Crippen LogP contribution in [-0.2, 0) is 21.4 Å². The number of thiazole rings is 1. The SMILES string of the molecule is C#CCn1c(=NC(=O)C2CCN(S(=O)(=O)c3ccc(Cl)cc3)CC2)sc2cc(Cl)ccc21. The standard InChI is InChI=1S/C22H19Cl2N3O3S2/c1-2-11-27-19-8-5-17(24)14-20(19)31-22(27)25-21(28)15-9-12-26(13-10-15)32(29,30)18-6-3-16(23)4-7-18/h1,3-8,14-15H,9-13H2. The van der Waals surface area contributed by atoms with Crippen molar-refractivity contribution in [3.05, 3.63) is 57.3 Å². The molecule has 1 aliphatic heterocycles. The Hall–Kier alpha value is -2.15. The highest BCUT2D eigenvalue weighted by atomic mass is 35.5. The van der Waals surface area contributed by atoms with Crippen LogP contribution in [0.25, 0.3) is 10.2 Å². The number of aromatic nitrogens is 1. The van der Waals surface area contributed by atoms with Crippen molar-refractivity contribution in [2.75, 3.05) is 13.1 Å². The lowest BCUT2D eigenvalue weighted by atomic mass is 9.98. The van der Waals surface area contributed by atoms with E-state index < -0.39 is 10.0 Å². The van der Waals surface area contributed by atoms with Crippen LogP contribution in [0.3, 0.4) is 0 Å². The Morgan fingerprint density at radius 2 is 1.78 bits per heavy atom. The Bertz CT molecular complexity index is 1380. The zero-order valence-corrected chi connectivity index (χ0v) is 20.0. The highest BCUT2D eigenvalue weighted by molar-refractivity contribution is 7.89. The third-order valence-electron chi connectivity index (χ3n) is 5.35. The van der Waals surface area contributed by atoms with Gasteiger partial charge in [0.1, 0.15) is 0 Å². The largest absolute Gasteiger partial charge is 0.305 e. The topological polar surface area (TPSA) is 71.7 Å². The Morgan fingerprint density at radius 1 is 1.12 bits per heavy atom. The first kappa shape index (κ1) is 23.0. The van der Waals surface area contributed by atoms with Crippen molar-refractivity contribution in [2.45, 2.75) is 24.3 Å². The van der Waals surface area contributed by atoms with Gasteiger partial charge in [0.15, 0.2) is 4.80 Å². The van der Waals surface area contributed by atoms with Crippen molar-refractivity contribution in [3.8, 4) is 12.3 Å². The Morgan fingerprint density at radius 3 is 2.44 bits per heavy atom. The second-order valence-electron chi connectivity index (χ2n) is 7.37. The predicted octanol–water partition coefficient (Wildman–Crippen LogP) is 4.17. The number of carbonyl (C=O) groups excluding carboxylic acids is 1. The number of hydrogen-bond donors (Lipinski definition) is 0. The molecule has 3 aromatic rings. The maximum Gasteiger partial charge on any atom is 0.251 e. The molecule has 0 atom stereocenters. The average molecular weight is 508 g/mol. The van der Waals surface area contributed by atoms with Gasteiger partial charge in [0.2, 0.25) is 10.0 Å². The number of fused-ring (bicyclic) bond motifs is 1. The average Bonchev–Trinajstić information content (AvgIpc) is 3.10. The minimum absolute atomic E-state index is 0.190. The molecule has 0 radical (unpaired) electrons. The summed E-state index contributed by atoms with van der Waals surface area (Å²) >= 11 is 13.3. The summed E-state index contributed by atoms with van der Waals surface area (Å²) in [6.45, 7) is 0.790. The van der Waals surface area contributed by atoms with Crippen LogP contribution >= 0.6 is 34.5 Å². The number of benzene rings is 2. The van der Waals surface area contributed by atoms with E-state index in [9.17, 15) is 13.2 Å². The highest BCUT2D eigenvalue weighted by Crippen LogP contribution is 2.26. The maximum atomic E-state index is 12.9. The van der Waals surface area contributed by atoms with Gasteiger partial charge in [0.05, 0.1) is 21.7 Å². The zero-order chi connectivity index (χ0) is 22.9. The molecule has 1 fully saturated rings. The molecule has 10 heteroatoms. The van der Waals surface area contributed by atoms with Gasteiger partial charge < -0.3 is 4.57 Å². The molecule has 166 valence electrons. The van der Waals surface area contributed by atoms with Gasteiger partial charge in [-0.05, 0) is 55.3 Å².